The van der Waals surface area contributed by atoms with E-state index < -0.39 is 18.1 Å². The maximum Gasteiger partial charge on any atom is 0.312 e. The van der Waals surface area contributed by atoms with Crippen molar-refractivity contribution >= 4 is 11.8 Å². The molecule has 0 radical (unpaired) electrons. The van der Waals surface area contributed by atoms with Crippen molar-refractivity contribution < 1.29 is 19.1 Å². The zero-order chi connectivity index (χ0) is 14.3. The lowest BCUT2D eigenvalue weighted by atomic mass is 10.1. The standard InChI is InChI=1S/C12H24N2O4/c1-7-14(12(2,3)4)11(16)10(15)13-8-9(17-5)18-6/h9H,7-8H2,1-6H3,(H,13,15). The van der Waals surface area contributed by atoms with Crippen LogP contribution in [0.2, 0.25) is 0 Å². The molecule has 106 valence electrons. The lowest BCUT2D eigenvalue weighted by Gasteiger charge is -2.34. The van der Waals surface area contributed by atoms with Crippen LogP contribution in [0.5, 0.6) is 0 Å². The molecule has 0 rings (SSSR count). The number of nitrogens with one attached hydrogen (secondary N) is 1. The highest BCUT2D eigenvalue weighted by Gasteiger charge is 2.29. The number of rotatable bonds is 5. The Bertz CT molecular complexity index is 282. The average Bonchev–Trinajstić information content (AvgIpc) is 2.28. The molecule has 0 aliphatic carbocycles. The molecule has 0 saturated carbocycles. The number of carbonyl (C=O) groups excluding carboxylic acids is 2. The highest BCUT2D eigenvalue weighted by molar-refractivity contribution is 6.35. The Morgan fingerprint density at radius 3 is 2.06 bits per heavy atom. The van der Waals surface area contributed by atoms with Gasteiger partial charge in [0.05, 0.1) is 6.54 Å². The van der Waals surface area contributed by atoms with Gasteiger partial charge in [-0.2, -0.15) is 0 Å². The van der Waals surface area contributed by atoms with Crippen LogP contribution in [0.4, 0.5) is 0 Å². The fourth-order valence-corrected chi connectivity index (χ4v) is 1.56. The molecule has 18 heavy (non-hydrogen) atoms. The number of nitrogens with zero attached hydrogens (tertiary/aromatic N) is 1. The summed E-state index contributed by atoms with van der Waals surface area (Å²) in [6.07, 6.45) is -0.550. The van der Waals surface area contributed by atoms with Crippen LogP contribution in [-0.2, 0) is 19.1 Å². The lowest BCUT2D eigenvalue weighted by Crippen LogP contribution is -2.52. The third-order valence-electron chi connectivity index (χ3n) is 2.52. The molecular formula is C12H24N2O4. The number of ether oxygens (including phenoxy) is 2. The van der Waals surface area contributed by atoms with Crippen molar-refractivity contribution in [2.24, 2.45) is 0 Å². The molecule has 0 spiro atoms. The topological polar surface area (TPSA) is 67.9 Å². The molecule has 6 nitrogen and oxygen atoms in total. The van der Waals surface area contributed by atoms with Crippen molar-refractivity contribution in [1.29, 1.82) is 0 Å². The molecule has 0 aliphatic heterocycles. The van der Waals surface area contributed by atoms with E-state index in [2.05, 4.69) is 5.32 Å². The molecule has 0 aromatic carbocycles. The van der Waals surface area contributed by atoms with Crippen molar-refractivity contribution in [3.8, 4) is 0 Å². The maximum atomic E-state index is 11.9. The van der Waals surface area contributed by atoms with Crippen molar-refractivity contribution in [1.82, 2.24) is 10.2 Å². The third kappa shape index (κ3) is 5.01. The number of hydrogen-bond acceptors (Lipinski definition) is 4. The quantitative estimate of drug-likeness (QED) is 0.573. The molecule has 0 saturated heterocycles. The van der Waals surface area contributed by atoms with E-state index in [9.17, 15) is 9.59 Å². The monoisotopic (exact) mass is 260 g/mol. The molecule has 0 bridgehead atoms. The summed E-state index contributed by atoms with van der Waals surface area (Å²) in [5.74, 6) is -1.19. The molecule has 0 heterocycles. The average molecular weight is 260 g/mol. The molecule has 0 fully saturated rings. The first-order valence-electron chi connectivity index (χ1n) is 5.93. The Morgan fingerprint density at radius 1 is 1.22 bits per heavy atom. The van der Waals surface area contributed by atoms with E-state index in [1.54, 1.807) is 0 Å². The van der Waals surface area contributed by atoms with Gasteiger partial charge >= 0.3 is 11.8 Å². The number of carbonyl (C=O) groups is 2. The van der Waals surface area contributed by atoms with Gasteiger partial charge in [-0.1, -0.05) is 0 Å². The summed E-state index contributed by atoms with van der Waals surface area (Å²) in [7, 11) is 2.94. The summed E-state index contributed by atoms with van der Waals surface area (Å²) >= 11 is 0. The van der Waals surface area contributed by atoms with Crippen LogP contribution in [-0.4, -0.2) is 55.9 Å². The number of amides is 2. The number of hydrogen-bond donors (Lipinski definition) is 1. The van der Waals surface area contributed by atoms with Gasteiger partial charge in [0.1, 0.15) is 0 Å². The summed E-state index contributed by atoms with van der Waals surface area (Å²) in [5.41, 5.74) is -0.384. The molecule has 1 N–H and O–H groups in total. The van der Waals surface area contributed by atoms with Gasteiger partial charge in [-0.05, 0) is 27.7 Å². The second-order valence-corrected chi connectivity index (χ2v) is 4.83. The van der Waals surface area contributed by atoms with Crippen LogP contribution in [0, 0.1) is 0 Å². The van der Waals surface area contributed by atoms with E-state index in [1.807, 2.05) is 27.7 Å². The first-order chi connectivity index (χ1) is 8.27. The van der Waals surface area contributed by atoms with Crippen LogP contribution in [0.25, 0.3) is 0 Å². The fraction of sp³-hybridized carbons (Fsp3) is 0.833. The van der Waals surface area contributed by atoms with Gasteiger partial charge in [0, 0.05) is 26.3 Å². The second kappa shape index (κ2) is 7.33. The van der Waals surface area contributed by atoms with Crippen LogP contribution in [0.1, 0.15) is 27.7 Å². The minimum atomic E-state index is -0.647. The Kier molecular flexibility index (Phi) is 6.86. The summed E-state index contributed by atoms with van der Waals surface area (Å²) in [6.45, 7) is 8.11. The van der Waals surface area contributed by atoms with E-state index in [0.717, 1.165) is 0 Å². The smallest absolute Gasteiger partial charge is 0.312 e. The second-order valence-electron chi connectivity index (χ2n) is 4.83. The van der Waals surface area contributed by atoms with Gasteiger partial charge in [0.25, 0.3) is 0 Å². The van der Waals surface area contributed by atoms with Gasteiger partial charge in [0.15, 0.2) is 6.29 Å². The molecular weight excluding hydrogens is 236 g/mol. The van der Waals surface area contributed by atoms with Crippen molar-refractivity contribution in [2.75, 3.05) is 27.3 Å². The number of likely N-dealkylation sites (N-methyl/N-ethyl adjacent to an activating group) is 1. The molecule has 0 aromatic rings. The largest absolute Gasteiger partial charge is 0.354 e. The van der Waals surface area contributed by atoms with Gasteiger partial charge in [-0.25, -0.2) is 0 Å². The van der Waals surface area contributed by atoms with Gasteiger partial charge in [-0.3, -0.25) is 9.59 Å². The Hall–Kier alpha value is -1.14. The van der Waals surface area contributed by atoms with Gasteiger partial charge in [0.2, 0.25) is 0 Å². The zero-order valence-electron chi connectivity index (χ0n) is 12.1. The lowest BCUT2D eigenvalue weighted by molar-refractivity contribution is -0.150. The summed E-state index contributed by atoms with van der Waals surface area (Å²) in [6, 6.07) is 0. The number of methoxy groups -OCH3 is 2. The SMILES string of the molecule is CCN(C(=O)C(=O)NCC(OC)OC)C(C)(C)C. The highest BCUT2D eigenvalue weighted by atomic mass is 16.7. The van der Waals surface area contributed by atoms with E-state index >= 15 is 0 Å². The molecule has 0 aliphatic rings. The first-order valence-corrected chi connectivity index (χ1v) is 5.93. The van der Waals surface area contributed by atoms with Crippen LogP contribution >= 0.6 is 0 Å². The fourth-order valence-electron chi connectivity index (χ4n) is 1.56. The third-order valence-corrected chi connectivity index (χ3v) is 2.52. The molecule has 6 heteroatoms. The van der Waals surface area contributed by atoms with E-state index in [1.165, 1.54) is 19.1 Å². The Morgan fingerprint density at radius 2 is 1.72 bits per heavy atom. The van der Waals surface area contributed by atoms with E-state index in [-0.39, 0.29) is 12.1 Å². The minimum Gasteiger partial charge on any atom is -0.354 e. The maximum absolute atomic E-state index is 11.9. The van der Waals surface area contributed by atoms with E-state index in [0.29, 0.717) is 6.54 Å². The summed E-state index contributed by atoms with van der Waals surface area (Å²) < 4.78 is 9.84. The predicted octanol–water partition coefficient (Wildman–Crippen LogP) is 0.369. The summed E-state index contributed by atoms with van der Waals surface area (Å²) in [4.78, 5) is 25.2. The van der Waals surface area contributed by atoms with Crippen molar-refractivity contribution in [3.05, 3.63) is 0 Å². The van der Waals surface area contributed by atoms with Gasteiger partial charge < -0.3 is 19.7 Å². The molecule has 2 amide bonds. The zero-order valence-corrected chi connectivity index (χ0v) is 12.1. The predicted molar refractivity (Wildman–Crippen MR) is 68.0 cm³/mol. The van der Waals surface area contributed by atoms with Gasteiger partial charge in [-0.15, -0.1) is 0 Å². The first kappa shape index (κ1) is 16.9. The van der Waals surface area contributed by atoms with Crippen LogP contribution < -0.4 is 5.32 Å². The summed E-state index contributed by atoms with van der Waals surface area (Å²) in [5, 5.41) is 2.49. The molecule has 0 unspecified atom stereocenters. The normalized spacial score (nSPS) is 11.5. The molecule has 0 aromatic heterocycles. The molecule has 0 atom stereocenters. The van der Waals surface area contributed by atoms with Crippen molar-refractivity contribution in [3.63, 3.8) is 0 Å². The van der Waals surface area contributed by atoms with Crippen LogP contribution in [0.15, 0.2) is 0 Å². The van der Waals surface area contributed by atoms with E-state index in [4.69, 9.17) is 9.47 Å². The highest BCUT2D eigenvalue weighted by Crippen LogP contribution is 2.12. The van der Waals surface area contributed by atoms with Crippen LogP contribution in [0.3, 0.4) is 0 Å². The Labute approximate surface area is 109 Å². The minimum absolute atomic E-state index is 0.138. The van der Waals surface area contributed by atoms with Crippen molar-refractivity contribution in [2.45, 2.75) is 39.5 Å². The Balaban J connectivity index is 4.46.